The third kappa shape index (κ3) is 1.59. The fraction of sp³-hybridized carbons (Fsp3) is 0.750. The number of nitrogens with zero attached hydrogens (tertiary/aromatic N) is 4. The van der Waals surface area contributed by atoms with Gasteiger partial charge in [0.1, 0.15) is 5.78 Å². The number of aromatic nitrogens is 2. The first-order valence-electron chi connectivity index (χ1n) is 7.92. The van der Waals surface area contributed by atoms with Crippen LogP contribution in [0.3, 0.4) is 0 Å². The highest BCUT2D eigenvalue weighted by atomic mass is 16.1. The van der Waals surface area contributed by atoms with Crippen molar-refractivity contribution in [1.29, 1.82) is 0 Å². The molecule has 0 aliphatic carbocycles. The highest BCUT2D eigenvalue weighted by molar-refractivity contribution is 5.92. The van der Waals surface area contributed by atoms with Crippen LogP contribution < -0.4 is 0 Å². The molecule has 0 N–H and O–H groups in total. The summed E-state index contributed by atoms with van der Waals surface area (Å²) < 4.78 is 2.00. The average Bonchev–Trinajstić information content (AvgIpc) is 2.75. The highest BCUT2D eigenvalue weighted by Gasteiger charge is 2.62. The second kappa shape index (κ2) is 3.96. The molecule has 0 saturated carbocycles. The lowest BCUT2D eigenvalue weighted by Crippen LogP contribution is -2.75. The van der Waals surface area contributed by atoms with Crippen molar-refractivity contribution in [1.82, 2.24) is 19.6 Å². The van der Waals surface area contributed by atoms with Crippen molar-refractivity contribution in [3.63, 3.8) is 0 Å². The van der Waals surface area contributed by atoms with Gasteiger partial charge in [0.15, 0.2) is 0 Å². The molecule has 4 aliphatic heterocycles. The van der Waals surface area contributed by atoms with Gasteiger partial charge in [0.05, 0.1) is 23.2 Å². The smallest absolute Gasteiger partial charge is 0.149 e. The van der Waals surface area contributed by atoms with E-state index in [0.717, 1.165) is 32.6 Å². The summed E-state index contributed by atoms with van der Waals surface area (Å²) in [6, 6.07) is 0. The molecule has 4 aliphatic rings. The summed E-state index contributed by atoms with van der Waals surface area (Å²) in [6.07, 6.45) is 3.33. The first-order valence-corrected chi connectivity index (χ1v) is 7.92. The normalized spacial score (nSPS) is 44.6. The highest BCUT2D eigenvalue weighted by Crippen LogP contribution is 2.52. The SMILES string of the molecule is CCc1c(C2N3CC4(C)CN2CC(C)(C3)C4=O)cnn1C. The summed E-state index contributed by atoms with van der Waals surface area (Å²) in [5, 5.41) is 4.47. The minimum Gasteiger partial charge on any atom is -0.298 e. The molecule has 0 amide bonds. The van der Waals surface area contributed by atoms with Gasteiger partial charge in [0, 0.05) is 44.5 Å². The van der Waals surface area contributed by atoms with Crippen LogP contribution in [0.2, 0.25) is 0 Å². The van der Waals surface area contributed by atoms with E-state index in [1.165, 1.54) is 11.3 Å². The Morgan fingerprint density at radius 1 is 1.19 bits per heavy atom. The van der Waals surface area contributed by atoms with Crippen LogP contribution in [0, 0.1) is 10.8 Å². The summed E-state index contributed by atoms with van der Waals surface area (Å²) in [6.45, 7) is 10.0. The summed E-state index contributed by atoms with van der Waals surface area (Å²) in [5.41, 5.74) is 2.28. The lowest BCUT2D eigenvalue weighted by Gasteiger charge is -2.64. The van der Waals surface area contributed by atoms with E-state index >= 15 is 0 Å². The molecule has 21 heavy (non-hydrogen) atoms. The third-order valence-corrected chi connectivity index (χ3v) is 5.70. The lowest BCUT2D eigenvalue weighted by atomic mass is 9.62. The average molecular weight is 288 g/mol. The maximum Gasteiger partial charge on any atom is 0.149 e. The van der Waals surface area contributed by atoms with Gasteiger partial charge in [0.2, 0.25) is 0 Å². The molecular formula is C16H24N4O. The zero-order valence-electron chi connectivity index (χ0n) is 13.4. The van der Waals surface area contributed by atoms with Gasteiger partial charge in [-0.3, -0.25) is 19.3 Å². The van der Waals surface area contributed by atoms with E-state index in [-0.39, 0.29) is 10.8 Å². The number of hydrogen-bond donors (Lipinski definition) is 0. The third-order valence-electron chi connectivity index (χ3n) is 5.70. The van der Waals surface area contributed by atoms with Crippen LogP contribution in [-0.4, -0.2) is 51.5 Å². The van der Waals surface area contributed by atoms with Gasteiger partial charge in [-0.1, -0.05) is 20.8 Å². The standard InChI is InChI=1S/C16H24N4O/c1-5-12-11(6-17-18(12)4)13-19-7-15(2)8-20(13)10-16(3,9-19)14(15)21/h6,13H,5,7-10H2,1-4H3. The number of rotatable bonds is 2. The molecule has 5 rings (SSSR count). The summed E-state index contributed by atoms with van der Waals surface area (Å²) in [5.74, 6) is 0.475. The summed E-state index contributed by atoms with van der Waals surface area (Å²) in [7, 11) is 2.02. The zero-order chi connectivity index (χ0) is 15.0. The monoisotopic (exact) mass is 288 g/mol. The van der Waals surface area contributed by atoms with Crippen molar-refractivity contribution >= 4 is 5.78 Å². The molecule has 1 aromatic rings. The number of ketones is 1. The topological polar surface area (TPSA) is 41.4 Å². The van der Waals surface area contributed by atoms with Gasteiger partial charge >= 0.3 is 0 Å². The fourth-order valence-corrected chi connectivity index (χ4v) is 5.12. The van der Waals surface area contributed by atoms with Crippen LogP contribution in [0.1, 0.15) is 38.2 Å². The van der Waals surface area contributed by atoms with Gasteiger partial charge < -0.3 is 0 Å². The van der Waals surface area contributed by atoms with E-state index < -0.39 is 0 Å². The van der Waals surface area contributed by atoms with E-state index in [1.54, 1.807) is 0 Å². The van der Waals surface area contributed by atoms with E-state index in [2.05, 4.69) is 35.7 Å². The van der Waals surface area contributed by atoms with Gasteiger partial charge in [-0.05, 0) is 6.42 Å². The number of carbonyl (C=O) groups excluding carboxylic acids is 1. The maximum atomic E-state index is 12.7. The second-order valence-corrected chi connectivity index (χ2v) is 7.66. The van der Waals surface area contributed by atoms with Gasteiger partial charge in [0.25, 0.3) is 0 Å². The molecule has 0 unspecified atom stereocenters. The first kappa shape index (κ1) is 13.5. The van der Waals surface area contributed by atoms with Crippen molar-refractivity contribution in [2.24, 2.45) is 17.9 Å². The quantitative estimate of drug-likeness (QED) is 0.820. The number of carbonyl (C=O) groups is 1. The molecule has 4 fully saturated rings. The molecule has 5 heteroatoms. The molecular weight excluding hydrogens is 264 g/mol. The molecule has 5 nitrogen and oxygen atoms in total. The van der Waals surface area contributed by atoms with E-state index in [4.69, 9.17) is 0 Å². The van der Waals surface area contributed by atoms with E-state index in [1.807, 2.05) is 17.9 Å². The van der Waals surface area contributed by atoms with E-state index in [9.17, 15) is 4.79 Å². The molecule has 114 valence electrons. The molecule has 0 radical (unpaired) electrons. The van der Waals surface area contributed by atoms with Gasteiger partial charge in [-0.15, -0.1) is 0 Å². The van der Waals surface area contributed by atoms with Crippen molar-refractivity contribution in [3.05, 3.63) is 17.5 Å². The number of piperidine rings is 2. The van der Waals surface area contributed by atoms with Crippen molar-refractivity contribution in [2.45, 2.75) is 33.4 Å². The predicted octanol–water partition coefficient (Wildman–Crippen LogP) is 1.21. The van der Waals surface area contributed by atoms with Crippen LogP contribution in [0.5, 0.6) is 0 Å². The molecule has 0 aromatic carbocycles. The number of aryl methyl sites for hydroxylation is 1. The number of hydrogen-bond acceptors (Lipinski definition) is 4. The molecule has 1 aromatic heterocycles. The summed E-state index contributed by atoms with van der Waals surface area (Å²) in [4.78, 5) is 17.7. The Kier molecular flexibility index (Phi) is 2.54. The Labute approximate surface area is 125 Å². The van der Waals surface area contributed by atoms with Crippen molar-refractivity contribution < 1.29 is 4.79 Å². The minimum atomic E-state index is -0.184. The largest absolute Gasteiger partial charge is 0.298 e. The van der Waals surface area contributed by atoms with Crippen LogP contribution in [-0.2, 0) is 18.3 Å². The molecule has 4 saturated heterocycles. The Hall–Kier alpha value is -1.20. The second-order valence-electron chi connectivity index (χ2n) is 7.66. The molecule has 0 atom stereocenters. The Bertz CT molecular complexity index is 580. The number of Topliss-reactive ketones (excluding diaryl/α,β-unsaturated/α-hetero) is 1. The molecule has 4 bridgehead atoms. The van der Waals surface area contributed by atoms with E-state index in [0.29, 0.717) is 11.9 Å². The molecule has 0 spiro atoms. The summed E-state index contributed by atoms with van der Waals surface area (Å²) >= 11 is 0. The Morgan fingerprint density at radius 3 is 2.19 bits per heavy atom. The predicted molar refractivity (Wildman–Crippen MR) is 79.7 cm³/mol. The van der Waals surface area contributed by atoms with Crippen LogP contribution in [0.25, 0.3) is 0 Å². The maximum absolute atomic E-state index is 12.7. The minimum absolute atomic E-state index is 0.184. The fourth-order valence-electron chi connectivity index (χ4n) is 5.12. The van der Waals surface area contributed by atoms with Crippen LogP contribution in [0.4, 0.5) is 0 Å². The first-order chi connectivity index (χ1) is 9.88. The van der Waals surface area contributed by atoms with Crippen molar-refractivity contribution in [2.75, 3.05) is 26.2 Å². The van der Waals surface area contributed by atoms with Crippen molar-refractivity contribution in [3.8, 4) is 0 Å². The van der Waals surface area contributed by atoms with Crippen LogP contribution >= 0.6 is 0 Å². The lowest BCUT2D eigenvalue weighted by molar-refractivity contribution is -0.197. The van der Waals surface area contributed by atoms with Gasteiger partial charge in [-0.2, -0.15) is 5.10 Å². The Morgan fingerprint density at radius 2 is 1.71 bits per heavy atom. The molecule has 5 heterocycles. The zero-order valence-corrected chi connectivity index (χ0v) is 13.4. The van der Waals surface area contributed by atoms with Gasteiger partial charge in [-0.25, -0.2) is 0 Å². The van der Waals surface area contributed by atoms with Crippen LogP contribution in [0.15, 0.2) is 6.20 Å². The Balaban J connectivity index is 1.77.